The Morgan fingerprint density at radius 2 is 1.90 bits per heavy atom. The Labute approximate surface area is 117 Å². The molecule has 102 valence electrons. The van der Waals surface area contributed by atoms with Crippen molar-refractivity contribution in [3.8, 4) is 11.6 Å². The number of nitrogens with two attached hydrogens (primary N) is 1. The van der Waals surface area contributed by atoms with Crippen LogP contribution in [0.3, 0.4) is 0 Å². The molecule has 4 nitrogen and oxygen atoms in total. The standard InChI is InChI=1S/C16H17N3O/c1-3-13-15(17)16(19(2)18-13)20-14-10-6-8-11-7-4-5-9-12(11)14/h4-10H,3,17H2,1-2H3. The van der Waals surface area contributed by atoms with Gasteiger partial charge in [0.1, 0.15) is 11.4 Å². The van der Waals surface area contributed by atoms with Crippen LogP contribution in [0, 0.1) is 0 Å². The third-order valence-corrected chi connectivity index (χ3v) is 3.40. The third kappa shape index (κ3) is 1.99. The Morgan fingerprint density at radius 3 is 2.65 bits per heavy atom. The summed E-state index contributed by atoms with van der Waals surface area (Å²) in [5, 5.41) is 6.58. The largest absolute Gasteiger partial charge is 0.437 e. The third-order valence-electron chi connectivity index (χ3n) is 3.40. The number of fused-ring (bicyclic) bond motifs is 1. The van der Waals surface area contributed by atoms with E-state index in [1.165, 1.54) is 0 Å². The SMILES string of the molecule is CCc1nn(C)c(Oc2cccc3ccccc23)c1N. The lowest BCUT2D eigenvalue weighted by Crippen LogP contribution is -1.97. The lowest BCUT2D eigenvalue weighted by atomic mass is 10.1. The van der Waals surface area contributed by atoms with E-state index in [0.717, 1.165) is 28.6 Å². The average Bonchev–Trinajstić information content (AvgIpc) is 2.75. The van der Waals surface area contributed by atoms with E-state index in [0.29, 0.717) is 11.6 Å². The second-order valence-corrected chi connectivity index (χ2v) is 4.72. The van der Waals surface area contributed by atoms with Crippen LogP contribution < -0.4 is 10.5 Å². The number of aromatic nitrogens is 2. The van der Waals surface area contributed by atoms with Crippen LogP contribution in [-0.4, -0.2) is 9.78 Å². The Kier molecular flexibility index (Phi) is 3.06. The highest BCUT2D eigenvalue weighted by molar-refractivity contribution is 5.88. The van der Waals surface area contributed by atoms with E-state index >= 15 is 0 Å². The molecule has 20 heavy (non-hydrogen) atoms. The molecular formula is C16H17N3O. The van der Waals surface area contributed by atoms with Crippen molar-refractivity contribution in [3.63, 3.8) is 0 Å². The van der Waals surface area contributed by atoms with Gasteiger partial charge in [-0.25, -0.2) is 4.68 Å². The van der Waals surface area contributed by atoms with Gasteiger partial charge in [0, 0.05) is 12.4 Å². The summed E-state index contributed by atoms with van der Waals surface area (Å²) in [6.45, 7) is 2.03. The Bertz CT molecular complexity index is 756. The number of nitrogen functional groups attached to an aromatic ring is 1. The normalized spacial score (nSPS) is 10.9. The van der Waals surface area contributed by atoms with Gasteiger partial charge in [-0.2, -0.15) is 5.10 Å². The molecule has 0 fully saturated rings. The summed E-state index contributed by atoms with van der Waals surface area (Å²) in [5.41, 5.74) is 7.58. The summed E-state index contributed by atoms with van der Waals surface area (Å²) in [7, 11) is 1.84. The molecule has 0 atom stereocenters. The fraction of sp³-hybridized carbons (Fsp3) is 0.188. The second-order valence-electron chi connectivity index (χ2n) is 4.72. The van der Waals surface area contributed by atoms with E-state index in [2.05, 4.69) is 17.2 Å². The van der Waals surface area contributed by atoms with Gasteiger partial charge in [0.25, 0.3) is 0 Å². The molecule has 2 N–H and O–H groups in total. The average molecular weight is 267 g/mol. The molecule has 2 aromatic carbocycles. The fourth-order valence-corrected chi connectivity index (χ4v) is 2.35. The van der Waals surface area contributed by atoms with Crippen molar-refractivity contribution in [1.82, 2.24) is 9.78 Å². The lowest BCUT2D eigenvalue weighted by Gasteiger charge is -2.09. The topological polar surface area (TPSA) is 53.1 Å². The number of benzene rings is 2. The molecule has 1 heterocycles. The number of hydrogen-bond acceptors (Lipinski definition) is 3. The second kappa shape index (κ2) is 4.89. The van der Waals surface area contributed by atoms with Crippen molar-refractivity contribution in [2.45, 2.75) is 13.3 Å². The minimum atomic E-state index is 0.596. The summed E-state index contributed by atoms with van der Waals surface area (Å²) in [5.74, 6) is 1.39. The van der Waals surface area contributed by atoms with E-state index in [1.807, 2.05) is 44.3 Å². The van der Waals surface area contributed by atoms with Gasteiger partial charge in [-0.1, -0.05) is 43.3 Å². The molecule has 0 bridgehead atoms. The Morgan fingerprint density at radius 1 is 1.15 bits per heavy atom. The predicted octanol–water partition coefficient (Wildman–Crippen LogP) is 3.51. The molecule has 0 saturated carbocycles. The first-order valence-corrected chi connectivity index (χ1v) is 6.67. The van der Waals surface area contributed by atoms with E-state index in [4.69, 9.17) is 10.5 Å². The predicted molar refractivity (Wildman–Crippen MR) is 81.0 cm³/mol. The molecule has 3 rings (SSSR count). The molecule has 4 heteroatoms. The summed E-state index contributed by atoms with van der Waals surface area (Å²) in [6, 6.07) is 14.1. The summed E-state index contributed by atoms with van der Waals surface area (Å²) in [6.07, 6.45) is 0.790. The number of hydrogen-bond donors (Lipinski definition) is 1. The van der Waals surface area contributed by atoms with Crippen LogP contribution in [0.15, 0.2) is 42.5 Å². The van der Waals surface area contributed by atoms with Crippen molar-refractivity contribution in [2.75, 3.05) is 5.73 Å². The molecule has 0 aliphatic rings. The minimum Gasteiger partial charge on any atom is -0.437 e. The van der Waals surface area contributed by atoms with Crippen LogP contribution in [0.1, 0.15) is 12.6 Å². The zero-order valence-electron chi connectivity index (χ0n) is 11.6. The van der Waals surface area contributed by atoms with Gasteiger partial charge in [-0.15, -0.1) is 0 Å². The van der Waals surface area contributed by atoms with Gasteiger partial charge >= 0.3 is 0 Å². The zero-order valence-corrected chi connectivity index (χ0v) is 11.6. The van der Waals surface area contributed by atoms with Gasteiger partial charge in [-0.05, 0) is 17.9 Å². The maximum atomic E-state index is 6.10. The highest BCUT2D eigenvalue weighted by Gasteiger charge is 2.15. The highest BCUT2D eigenvalue weighted by atomic mass is 16.5. The van der Waals surface area contributed by atoms with Gasteiger partial charge in [-0.3, -0.25) is 0 Å². The fourth-order valence-electron chi connectivity index (χ4n) is 2.35. The molecule has 0 spiro atoms. The van der Waals surface area contributed by atoms with E-state index in [1.54, 1.807) is 4.68 Å². The zero-order chi connectivity index (χ0) is 14.1. The van der Waals surface area contributed by atoms with Crippen LogP contribution in [0.2, 0.25) is 0 Å². The van der Waals surface area contributed by atoms with Crippen molar-refractivity contribution < 1.29 is 4.74 Å². The Balaban J connectivity index is 2.08. The molecule has 0 aliphatic heterocycles. The number of nitrogens with zero attached hydrogens (tertiary/aromatic N) is 2. The lowest BCUT2D eigenvalue weighted by molar-refractivity contribution is 0.437. The van der Waals surface area contributed by atoms with Crippen LogP contribution in [0.25, 0.3) is 10.8 Å². The molecule has 0 aliphatic carbocycles. The van der Waals surface area contributed by atoms with Crippen LogP contribution in [0.5, 0.6) is 11.6 Å². The maximum absolute atomic E-state index is 6.10. The monoisotopic (exact) mass is 267 g/mol. The molecular weight excluding hydrogens is 250 g/mol. The number of ether oxygens (including phenoxy) is 1. The van der Waals surface area contributed by atoms with Gasteiger partial charge < -0.3 is 10.5 Å². The molecule has 0 radical (unpaired) electrons. The highest BCUT2D eigenvalue weighted by Crippen LogP contribution is 2.33. The number of anilines is 1. The van der Waals surface area contributed by atoms with Crippen LogP contribution >= 0.6 is 0 Å². The smallest absolute Gasteiger partial charge is 0.241 e. The van der Waals surface area contributed by atoms with Crippen LogP contribution in [-0.2, 0) is 13.5 Å². The quantitative estimate of drug-likeness (QED) is 0.790. The van der Waals surface area contributed by atoms with Crippen molar-refractivity contribution in [3.05, 3.63) is 48.2 Å². The van der Waals surface area contributed by atoms with Gasteiger partial charge in [0.15, 0.2) is 0 Å². The van der Waals surface area contributed by atoms with E-state index < -0.39 is 0 Å². The molecule has 1 aromatic heterocycles. The number of rotatable bonds is 3. The first kappa shape index (κ1) is 12.5. The minimum absolute atomic E-state index is 0.596. The Hall–Kier alpha value is -2.49. The first-order chi connectivity index (χ1) is 9.70. The number of aryl methyl sites for hydroxylation is 2. The van der Waals surface area contributed by atoms with Crippen molar-refractivity contribution >= 4 is 16.5 Å². The summed E-state index contributed by atoms with van der Waals surface area (Å²) >= 11 is 0. The van der Waals surface area contributed by atoms with Gasteiger partial charge in [0.2, 0.25) is 5.88 Å². The van der Waals surface area contributed by atoms with Gasteiger partial charge in [0.05, 0.1) is 5.69 Å². The first-order valence-electron chi connectivity index (χ1n) is 6.67. The molecule has 3 aromatic rings. The molecule has 0 saturated heterocycles. The van der Waals surface area contributed by atoms with Crippen molar-refractivity contribution in [2.24, 2.45) is 7.05 Å². The van der Waals surface area contributed by atoms with Crippen LogP contribution in [0.4, 0.5) is 5.69 Å². The summed E-state index contributed by atoms with van der Waals surface area (Å²) in [4.78, 5) is 0. The molecule has 0 amide bonds. The molecule has 0 unspecified atom stereocenters. The van der Waals surface area contributed by atoms with Crippen molar-refractivity contribution in [1.29, 1.82) is 0 Å². The maximum Gasteiger partial charge on any atom is 0.241 e. The summed E-state index contributed by atoms with van der Waals surface area (Å²) < 4.78 is 7.70. The van der Waals surface area contributed by atoms with E-state index in [-0.39, 0.29) is 0 Å². The van der Waals surface area contributed by atoms with E-state index in [9.17, 15) is 0 Å².